The van der Waals surface area contributed by atoms with Gasteiger partial charge in [-0.25, -0.2) is 0 Å². The third kappa shape index (κ3) is 5.75. The van der Waals surface area contributed by atoms with E-state index in [1.165, 1.54) is 12.0 Å². The molecule has 0 saturated heterocycles. The highest BCUT2D eigenvalue weighted by molar-refractivity contribution is 5.27. The molecule has 0 heterocycles. The van der Waals surface area contributed by atoms with Crippen molar-refractivity contribution in [3.8, 4) is 18.1 Å². The number of aryl methyl sites for hydroxylation is 1. The van der Waals surface area contributed by atoms with E-state index >= 15 is 0 Å². The van der Waals surface area contributed by atoms with Crippen molar-refractivity contribution in [1.82, 2.24) is 5.32 Å². The van der Waals surface area contributed by atoms with Crippen LogP contribution >= 0.6 is 0 Å². The number of ether oxygens (including phenoxy) is 1. The van der Waals surface area contributed by atoms with Crippen LogP contribution in [0, 0.1) is 12.3 Å². The van der Waals surface area contributed by atoms with Crippen LogP contribution in [0.2, 0.25) is 0 Å². The van der Waals surface area contributed by atoms with Gasteiger partial charge >= 0.3 is 0 Å². The smallest absolute Gasteiger partial charge is 0.148 e. The summed E-state index contributed by atoms with van der Waals surface area (Å²) in [7, 11) is 0. The predicted octanol–water partition coefficient (Wildman–Crippen LogP) is 3.02. The Balaban J connectivity index is 2.32. The van der Waals surface area contributed by atoms with Gasteiger partial charge in [0.05, 0.1) is 0 Å². The molecule has 1 atom stereocenters. The second kappa shape index (κ2) is 8.60. The van der Waals surface area contributed by atoms with Gasteiger partial charge in [-0.1, -0.05) is 25.0 Å². The molecule has 0 aliphatic heterocycles. The molecule has 0 spiro atoms. The lowest BCUT2D eigenvalue weighted by Gasteiger charge is -2.13. The van der Waals surface area contributed by atoms with Crippen LogP contribution in [0.5, 0.6) is 5.75 Å². The van der Waals surface area contributed by atoms with Crippen molar-refractivity contribution in [2.75, 3.05) is 13.2 Å². The van der Waals surface area contributed by atoms with Crippen LogP contribution in [0.4, 0.5) is 0 Å². The lowest BCUT2D eigenvalue weighted by atomic mass is 10.1. The zero-order chi connectivity index (χ0) is 13.2. The van der Waals surface area contributed by atoms with Crippen LogP contribution in [-0.2, 0) is 6.42 Å². The molecule has 0 fully saturated rings. The van der Waals surface area contributed by atoms with E-state index < -0.39 is 0 Å². The molecule has 0 bridgehead atoms. The van der Waals surface area contributed by atoms with Gasteiger partial charge in [0, 0.05) is 6.04 Å². The lowest BCUT2D eigenvalue weighted by molar-refractivity contribution is 0.370. The molecular formula is C16H23NO. The molecule has 1 N–H and O–H groups in total. The average Bonchev–Trinajstić information content (AvgIpc) is 2.41. The number of terminal acetylenes is 1. The van der Waals surface area contributed by atoms with Gasteiger partial charge in [-0.05, 0) is 50.4 Å². The molecule has 18 heavy (non-hydrogen) atoms. The molecule has 2 heteroatoms. The molecule has 0 aliphatic carbocycles. The molecule has 0 aliphatic rings. The maximum absolute atomic E-state index is 5.34. The zero-order valence-electron chi connectivity index (χ0n) is 11.4. The van der Waals surface area contributed by atoms with Crippen LogP contribution in [0.3, 0.4) is 0 Å². The standard InChI is InChI=1S/C16H23NO/c1-4-12-17-14(3)6-7-15-8-10-16(11-9-15)18-13-5-2/h2,8-11,14,17H,4,6-7,12-13H2,1,3H3. The molecule has 98 valence electrons. The van der Waals surface area contributed by atoms with Crippen molar-refractivity contribution >= 4 is 0 Å². The Kier molecular flexibility index (Phi) is 6.98. The van der Waals surface area contributed by atoms with Crippen molar-refractivity contribution in [2.24, 2.45) is 0 Å². The summed E-state index contributed by atoms with van der Waals surface area (Å²) in [6.45, 7) is 5.85. The van der Waals surface area contributed by atoms with Gasteiger partial charge in [-0.15, -0.1) is 6.42 Å². The van der Waals surface area contributed by atoms with Crippen LogP contribution in [0.1, 0.15) is 32.3 Å². The van der Waals surface area contributed by atoms with E-state index in [2.05, 4.69) is 37.2 Å². The summed E-state index contributed by atoms with van der Waals surface area (Å²) in [5.41, 5.74) is 1.34. The number of nitrogens with one attached hydrogen (secondary N) is 1. The van der Waals surface area contributed by atoms with E-state index in [1.807, 2.05) is 12.1 Å². The van der Waals surface area contributed by atoms with Crippen molar-refractivity contribution < 1.29 is 4.74 Å². The van der Waals surface area contributed by atoms with Crippen molar-refractivity contribution in [3.05, 3.63) is 29.8 Å². The van der Waals surface area contributed by atoms with Gasteiger partial charge in [0.15, 0.2) is 0 Å². The van der Waals surface area contributed by atoms with E-state index in [-0.39, 0.29) is 0 Å². The van der Waals surface area contributed by atoms with E-state index in [0.717, 1.165) is 25.1 Å². The number of hydrogen-bond donors (Lipinski definition) is 1. The van der Waals surface area contributed by atoms with Gasteiger partial charge in [-0.3, -0.25) is 0 Å². The fraction of sp³-hybridized carbons (Fsp3) is 0.500. The minimum absolute atomic E-state index is 0.331. The molecule has 1 rings (SSSR count). The Morgan fingerprint density at radius 2 is 2.06 bits per heavy atom. The first-order valence-electron chi connectivity index (χ1n) is 6.64. The van der Waals surface area contributed by atoms with Crippen molar-refractivity contribution in [2.45, 2.75) is 39.2 Å². The van der Waals surface area contributed by atoms with Crippen molar-refractivity contribution in [1.29, 1.82) is 0 Å². The van der Waals surface area contributed by atoms with Crippen LogP contribution in [-0.4, -0.2) is 19.2 Å². The molecule has 2 nitrogen and oxygen atoms in total. The molecule has 1 aromatic rings. The van der Waals surface area contributed by atoms with Gasteiger partial charge in [0.1, 0.15) is 12.4 Å². The van der Waals surface area contributed by atoms with Crippen molar-refractivity contribution in [3.63, 3.8) is 0 Å². The SMILES string of the molecule is C#CCOc1ccc(CCC(C)NCCC)cc1. The van der Waals surface area contributed by atoms with Gasteiger partial charge < -0.3 is 10.1 Å². The molecule has 0 radical (unpaired) electrons. The number of hydrogen-bond acceptors (Lipinski definition) is 2. The van der Waals surface area contributed by atoms with E-state index in [9.17, 15) is 0 Å². The Bertz CT molecular complexity index is 364. The number of benzene rings is 1. The predicted molar refractivity (Wildman–Crippen MR) is 76.8 cm³/mol. The minimum atomic E-state index is 0.331. The normalized spacial score (nSPS) is 11.8. The molecule has 1 aromatic carbocycles. The lowest BCUT2D eigenvalue weighted by Crippen LogP contribution is -2.27. The molecule has 0 aromatic heterocycles. The Morgan fingerprint density at radius 1 is 1.33 bits per heavy atom. The first kappa shape index (κ1) is 14.6. The third-order valence-corrected chi connectivity index (χ3v) is 2.85. The second-order valence-corrected chi connectivity index (χ2v) is 4.53. The van der Waals surface area contributed by atoms with E-state index in [4.69, 9.17) is 11.2 Å². The zero-order valence-corrected chi connectivity index (χ0v) is 11.4. The monoisotopic (exact) mass is 245 g/mol. The summed E-state index contributed by atoms with van der Waals surface area (Å²) in [5.74, 6) is 3.30. The molecular weight excluding hydrogens is 222 g/mol. The Hall–Kier alpha value is -1.46. The topological polar surface area (TPSA) is 21.3 Å². The highest BCUT2D eigenvalue weighted by Crippen LogP contribution is 2.13. The third-order valence-electron chi connectivity index (χ3n) is 2.85. The Labute approximate surface area is 111 Å². The fourth-order valence-electron chi connectivity index (χ4n) is 1.75. The van der Waals surface area contributed by atoms with Gasteiger partial charge in [0.2, 0.25) is 0 Å². The minimum Gasteiger partial charge on any atom is -0.481 e. The van der Waals surface area contributed by atoms with Gasteiger partial charge in [0.25, 0.3) is 0 Å². The summed E-state index contributed by atoms with van der Waals surface area (Å²) in [5, 5.41) is 3.49. The molecule has 1 unspecified atom stereocenters. The summed E-state index contributed by atoms with van der Waals surface area (Å²) >= 11 is 0. The van der Waals surface area contributed by atoms with Crippen LogP contribution in [0.25, 0.3) is 0 Å². The van der Waals surface area contributed by atoms with Gasteiger partial charge in [-0.2, -0.15) is 0 Å². The fourth-order valence-corrected chi connectivity index (χ4v) is 1.75. The summed E-state index contributed by atoms with van der Waals surface area (Å²) in [6.07, 6.45) is 8.58. The summed E-state index contributed by atoms with van der Waals surface area (Å²) < 4.78 is 5.34. The molecule has 0 amide bonds. The summed E-state index contributed by atoms with van der Waals surface area (Å²) in [6, 6.07) is 8.76. The highest BCUT2D eigenvalue weighted by Gasteiger charge is 2.01. The Morgan fingerprint density at radius 3 is 2.67 bits per heavy atom. The maximum atomic E-state index is 5.34. The summed E-state index contributed by atoms with van der Waals surface area (Å²) in [4.78, 5) is 0. The number of rotatable bonds is 8. The first-order chi connectivity index (χ1) is 8.76. The average molecular weight is 245 g/mol. The van der Waals surface area contributed by atoms with Crippen LogP contribution < -0.4 is 10.1 Å². The largest absolute Gasteiger partial charge is 0.481 e. The quantitative estimate of drug-likeness (QED) is 0.711. The highest BCUT2D eigenvalue weighted by atomic mass is 16.5. The second-order valence-electron chi connectivity index (χ2n) is 4.53. The molecule has 0 saturated carbocycles. The van der Waals surface area contributed by atoms with E-state index in [1.54, 1.807) is 0 Å². The van der Waals surface area contributed by atoms with Crippen LogP contribution in [0.15, 0.2) is 24.3 Å². The maximum Gasteiger partial charge on any atom is 0.148 e. The first-order valence-corrected chi connectivity index (χ1v) is 6.64. The van der Waals surface area contributed by atoms with E-state index in [0.29, 0.717) is 12.6 Å².